The predicted octanol–water partition coefficient (Wildman–Crippen LogP) is 12.7. The second-order valence-corrected chi connectivity index (χ2v) is 12.2. The van der Waals surface area contributed by atoms with E-state index in [1.165, 1.54) is 54.8 Å². The van der Waals surface area contributed by atoms with Crippen molar-refractivity contribution in [2.24, 2.45) is 0 Å². The molecule has 0 fully saturated rings. The van der Waals surface area contributed by atoms with Gasteiger partial charge < -0.3 is 9.47 Å². The Bertz CT molecular complexity index is 2530. The first-order chi connectivity index (χ1) is 23.8. The molecule has 0 radical (unpaired) electrons. The molecule has 0 N–H and O–H groups in total. The minimum Gasteiger partial charge on any atom is -0.311 e. The number of hydrogen-bond donors (Lipinski definition) is 0. The molecule has 0 atom stereocenters. The Morgan fingerprint density at radius 2 is 0.833 bits per heavy atom. The summed E-state index contributed by atoms with van der Waals surface area (Å²) in [7, 11) is 0. The molecule has 9 rings (SSSR count). The van der Waals surface area contributed by atoms with E-state index in [0.717, 1.165) is 22.7 Å². The highest BCUT2D eigenvalue weighted by atomic mass is 15.1. The third-order valence-electron chi connectivity index (χ3n) is 9.37. The molecule has 1 aromatic heterocycles. The van der Waals surface area contributed by atoms with Crippen molar-refractivity contribution in [2.75, 3.05) is 4.90 Å². The maximum Gasteiger partial charge on any atom is 0.0547 e. The molecule has 0 saturated carbocycles. The van der Waals surface area contributed by atoms with Crippen molar-refractivity contribution in [3.63, 3.8) is 0 Å². The van der Waals surface area contributed by atoms with E-state index in [4.69, 9.17) is 0 Å². The van der Waals surface area contributed by atoms with Crippen molar-refractivity contribution in [3.05, 3.63) is 194 Å². The molecular formula is C46H32N2. The zero-order valence-corrected chi connectivity index (χ0v) is 26.4. The monoisotopic (exact) mass is 612 g/mol. The highest BCUT2D eigenvalue weighted by Gasteiger charge is 2.16. The third-order valence-corrected chi connectivity index (χ3v) is 9.37. The van der Waals surface area contributed by atoms with Crippen LogP contribution in [0.4, 0.5) is 17.1 Å². The summed E-state index contributed by atoms with van der Waals surface area (Å²) in [4.78, 5) is 2.33. The topological polar surface area (TPSA) is 8.17 Å². The van der Waals surface area contributed by atoms with Crippen molar-refractivity contribution >= 4 is 49.6 Å². The predicted molar refractivity (Wildman–Crippen MR) is 204 cm³/mol. The Morgan fingerprint density at radius 3 is 1.60 bits per heavy atom. The fraction of sp³-hybridized carbons (Fsp3) is 0. The van der Waals surface area contributed by atoms with E-state index in [1.54, 1.807) is 0 Å². The SMILES string of the molecule is c1ccc(-c2ccc3c4ccccc4n(-c4ccc(N(c5ccccc5)c5ccc(-c6ccc7ccccc7c6)cc5)cc4)c3c2)cc1. The molecule has 0 spiro atoms. The lowest BCUT2D eigenvalue weighted by atomic mass is 10.0. The van der Waals surface area contributed by atoms with Gasteiger partial charge in [-0.25, -0.2) is 0 Å². The molecule has 0 aliphatic rings. The van der Waals surface area contributed by atoms with Gasteiger partial charge in [0, 0.05) is 33.5 Å². The lowest BCUT2D eigenvalue weighted by molar-refractivity contribution is 1.17. The van der Waals surface area contributed by atoms with Gasteiger partial charge in [-0.1, -0.05) is 127 Å². The summed E-state index contributed by atoms with van der Waals surface area (Å²) in [6.45, 7) is 0. The van der Waals surface area contributed by atoms with E-state index >= 15 is 0 Å². The number of rotatable bonds is 6. The van der Waals surface area contributed by atoms with E-state index in [9.17, 15) is 0 Å². The van der Waals surface area contributed by atoms with Crippen LogP contribution >= 0.6 is 0 Å². The normalized spacial score (nSPS) is 11.3. The molecule has 2 nitrogen and oxygen atoms in total. The molecule has 2 heteroatoms. The molecule has 226 valence electrons. The fourth-order valence-corrected chi connectivity index (χ4v) is 7.01. The number of hydrogen-bond acceptors (Lipinski definition) is 1. The zero-order valence-electron chi connectivity index (χ0n) is 26.4. The molecular weight excluding hydrogens is 581 g/mol. The van der Waals surface area contributed by atoms with Crippen LogP contribution in [0.5, 0.6) is 0 Å². The van der Waals surface area contributed by atoms with Gasteiger partial charge in [0.1, 0.15) is 0 Å². The molecule has 0 unspecified atom stereocenters. The summed E-state index contributed by atoms with van der Waals surface area (Å²) in [6, 6.07) is 69.9. The average molecular weight is 613 g/mol. The molecule has 0 aliphatic heterocycles. The first-order valence-corrected chi connectivity index (χ1v) is 16.4. The Hall–Kier alpha value is -6.38. The quantitative estimate of drug-likeness (QED) is 0.181. The Morgan fingerprint density at radius 1 is 0.312 bits per heavy atom. The molecule has 0 aliphatic carbocycles. The largest absolute Gasteiger partial charge is 0.311 e. The summed E-state index contributed by atoms with van der Waals surface area (Å²) in [5, 5.41) is 5.03. The number of benzene rings is 8. The fourth-order valence-electron chi connectivity index (χ4n) is 7.01. The van der Waals surface area contributed by atoms with Crippen molar-refractivity contribution in [1.82, 2.24) is 4.57 Å². The molecule has 9 aromatic rings. The van der Waals surface area contributed by atoms with Gasteiger partial charge in [0.15, 0.2) is 0 Å². The minimum absolute atomic E-state index is 1.11. The molecule has 48 heavy (non-hydrogen) atoms. The van der Waals surface area contributed by atoms with Crippen LogP contribution in [-0.2, 0) is 0 Å². The van der Waals surface area contributed by atoms with E-state index < -0.39 is 0 Å². The summed E-state index contributed by atoms with van der Waals surface area (Å²) >= 11 is 0. The van der Waals surface area contributed by atoms with E-state index in [0.29, 0.717) is 0 Å². The summed E-state index contributed by atoms with van der Waals surface area (Å²) in [5.41, 5.74) is 11.7. The van der Waals surface area contributed by atoms with Crippen LogP contribution in [-0.4, -0.2) is 4.57 Å². The molecule has 8 aromatic carbocycles. The summed E-state index contributed by atoms with van der Waals surface area (Å²) in [6.07, 6.45) is 0. The van der Waals surface area contributed by atoms with Gasteiger partial charge in [-0.05, 0) is 99.8 Å². The molecule has 0 saturated heterocycles. The maximum atomic E-state index is 2.39. The minimum atomic E-state index is 1.11. The van der Waals surface area contributed by atoms with Crippen molar-refractivity contribution < 1.29 is 0 Å². The van der Waals surface area contributed by atoms with Gasteiger partial charge in [-0.3, -0.25) is 0 Å². The lowest BCUT2D eigenvalue weighted by Crippen LogP contribution is -2.10. The number of para-hydroxylation sites is 2. The lowest BCUT2D eigenvalue weighted by Gasteiger charge is -2.26. The van der Waals surface area contributed by atoms with Gasteiger partial charge >= 0.3 is 0 Å². The van der Waals surface area contributed by atoms with Crippen molar-refractivity contribution in [3.8, 4) is 27.9 Å². The van der Waals surface area contributed by atoms with Crippen LogP contribution in [0.1, 0.15) is 0 Å². The number of fused-ring (bicyclic) bond motifs is 4. The molecule has 0 bridgehead atoms. The smallest absolute Gasteiger partial charge is 0.0547 e. The van der Waals surface area contributed by atoms with Crippen LogP contribution in [0.15, 0.2) is 194 Å². The number of nitrogens with zero attached hydrogens (tertiary/aromatic N) is 2. The maximum absolute atomic E-state index is 2.39. The van der Waals surface area contributed by atoms with Crippen molar-refractivity contribution in [1.29, 1.82) is 0 Å². The highest BCUT2D eigenvalue weighted by Crippen LogP contribution is 2.38. The van der Waals surface area contributed by atoms with Crippen LogP contribution in [0.3, 0.4) is 0 Å². The van der Waals surface area contributed by atoms with Crippen LogP contribution in [0.25, 0.3) is 60.5 Å². The van der Waals surface area contributed by atoms with Crippen LogP contribution in [0, 0.1) is 0 Å². The second-order valence-electron chi connectivity index (χ2n) is 12.2. The van der Waals surface area contributed by atoms with Crippen molar-refractivity contribution in [2.45, 2.75) is 0 Å². The van der Waals surface area contributed by atoms with Crippen LogP contribution < -0.4 is 4.90 Å². The Balaban J connectivity index is 1.12. The summed E-state index contributed by atoms with van der Waals surface area (Å²) in [5.74, 6) is 0. The van der Waals surface area contributed by atoms with Crippen LogP contribution in [0.2, 0.25) is 0 Å². The van der Waals surface area contributed by atoms with E-state index in [2.05, 4.69) is 204 Å². The Labute approximate surface area is 280 Å². The summed E-state index contributed by atoms with van der Waals surface area (Å²) < 4.78 is 2.39. The van der Waals surface area contributed by atoms with Gasteiger partial charge in [0.05, 0.1) is 11.0 Å². The van der Waals surface area contributed by atoms with E-state index in [-0.39, 0.29) is 0 Å². The molecule has 0 amide bonds. The number of aromatic nitrogens is 1. The number of anilines is 3. The zero-order chi connectivity index (χ0) is 31.9. The first kappa shape index (κ1) is 27.9. The van der Waals surface area contributed by atoms with Gasteiger partial charge in [-0.2, -0.15) is 0 Å². The second kappa shape index (κ2) is 11.8. The van der Waals surface area contributed by atoms with Gasteiger partial charge in [0.2, 0.25) is 0 Å². The van der Waals surface area contributed by atoms with E-state index in [1.807, 2.05) is 0 Å². The van der Waals surface area contributed by atoms with Gasteiger partial charge in [-0.15, -0.1) is 0 Å². The third kappa shape index (κ3) is 4.92. The Kier molecular flexibility index (Phi) is 6.84. The molecule has 1 heterocycles. The van der Waals surface area contributed by atoms with Gasteiger partial charge in [0.25, 0.3) is 0 Å². The standard InChI is InChI=1S/C46H32N2/c1-3-11-33(12-4-1)38-23-30-44-43-17-9-10-18-45(43)48(46(44)32-38)42-28-26-41(27-29-42)47(39-15-5-2-6-16-39)40-24-21-35(22-25-40)37-20-19-34-13-7-8-14-36(34)31-37/h1-32H. The highest BCUT2D eigenvalue weighted by molar-refractivity contribution is 6.10. The first-order valence-electron chi connectivity index (χ1n) is 16.4. The average Bonchev–Trinajstić information content (AvgIpc) is 3.50.